The summed E-state index contributed by atoms with van der Waals surface area (Å²) in [5.41, 5.74) is 0.980. The molecule has 0 aromatic heterocycles. The van der Waals surface area contributed by atoms with Gasteiger partial charge in [0.15, 0.2) is 8.32 Å². The van der Waals surface area contributed by atoms with Crippen LogP contribution in [0.25, 0.3) is 0 Å². The number of methoxy groups -OCH3 is 1. The van der Waals surface area contributed by atoms with Crippen molar-refractivity contribution in [3.05, 3.63) is 29.8 Å². The summed E-state index contributed by atoms with van der Waals surface area (Å²) in [4.78, 5) is 0. The molecule has 0 radical (unpaired) electrons. The Hall–Kier alpha value is -0.883. The highest BCUT2D eigenvalue weighted by Gasteiger charge is 2.38. The number of aliphatic hydroxyl groups excluding tert-OH is 1. The van der Waals surface area contributed by atoms with Gasteiger partial charge in [-0.3, -0.25) is 0 Å². The van der Waals surface area contributed by atoms with Gasteiger partial charge in [-0.25, -0.2) is 0 Å². The summed E-state index contributed by atoms with van der Waals surface area (Å²) in [7, 11) is -0.0535. The van der Waals surface area contributed by atoms with Crippen LogP contribution in [0.2, 0.25) is 18.1 Å². The molecular formula is C21H38O4Si. The van der Waals surface area contributed by atoms with Crippen molar-refractivity contribution in [2.24, 2.45) is 5.41 Å². The molecule has 1 rings (SSSR count). The Kier molecular flexibility index (Phi) is 9.86. The zero-order valence-electron chi connectivity index (χ0n) is 17.5. The maximum Gasteiger partial charge on any atom is 0.192 e. The maximum absolute atomic E-state index is 9.55. The van der Waals surface area contributed by atoms with Gasteiger partial charge in [0, 0.05) is 12.0 Å². The minimum Gasteiger partial charge on any atom is -0.497 e. The Morgan fingerprint density at radius 1 is 1.04 bits per heavy atom. The first-order valence-corrected chi connectivity index (χ1v) is 12.4. The fourth-order valence-corrected chi connectivity index (χ4v) is 6.32. The lowest BCUT2D eigenvalue weighted by molar-refractivity contribution is -0.0306. The molecule has 1 aromatic rings. The van der Waals surface area contributed by atoms with Gasteiger partial charge < -0.3 is 19.0 Å². The molecule has 0 heterocycles. The lowest BCUT2D eigenvalue weighted by Crippen LogP contribution is -2.47. The Morgan fingerprint density at radius 2 is 1.62 bits per heavy atom. The highest BCUT2D eigenvalue weighted by molar-refractivity contribution is 6.73. The average Bonchev–Trinajstić information content (AvgIpc) is 2.66. The van der Waals surface area contributed by atoms with E-state index in [1.54, 1.807) is 7.11 Å². The molecule has 0 aliphatic carbocycles. The van der Waals surface area contributed by atoms with Crippen molar-refractivity contribution in [2.75, 3.05) is 20.3 Å². The molecule has 4 nitrogen and oxygen atoms in total. The molecule has 26 heavy (non-hydrogen) atoms. The van der Waals surface area contributed by atoms with E-state index in [1.807, 2.05) is 24.3 Å². The number of aliphatic hydroxyl groups is 1. The van der Waals surface area contributed by atoms with Gasteiger partial charge in [-0.05, 0) is 42.2 Å². The van der Waals surface area contributed by atoms with Crippen LogP contribution in [0.5, 0.6) is 5.75 Å². The van der Waals surface area contributed by atoms with E-state index in [4.69, 9.17) is 13.9 Å². The van der Waals surface area contributed by atoms with E-state index in [-0.39, 0.29) is 18.1 Å². The normalized spacial score (nSPS) is 13.7. The molecule has 0 bridgehead atoms. The van der Waals surface area contributed by atoms with Gasteiger partial charge in [-0.15, -0.1) is 0 Å². The summed E-state index contributed by atoms with van der Waals surface area (Å²) in [6, 6.07) is 11.3. The van der Waals surface area contributed by atoms with Crippen molar-refractivity contribution in [1.29, 1.82) is 0 Å². The van der Waals surface area contributed by atoms with Crippen molar-refractivity contribution < 1.29 is 19.0 Å². The second kappa shape index (κ2) is 11.1. The SMILES string of the molecule is CC[Si](CC)(CC)O[C@@H](CCO)C(C)(C)COCc1ccc(OC)cc1. The summed E-state index contributed by atoms with van der Waals surface area (Å²) in [6.07, 6.45) is 0.683. The van der Waals surface area contributed by atoms with Crippen LogP contribution in [-0.2, 0) is 15.8 Å². The summed E-state index contributed by atoms with van der Waals surface area (Å²) in [5.74, 6) is 0.852. The third-order valence-corrected chi connectivity index (χ3v) is 10.1. The van der Waals surface area contributed by atoms with Gasteiger partial charge in [0.2, 0.25) is 0 Å². The van der Waals surface area contributed by atoms with Crippen molar-refractivity contribution in [3.63, 3.8) is 0 Å². The van der Waals surface area contributed by atoms with Crippen LogP contribution < -0.4 is 4.74 Å². The van der Waals surface area contributed by atoms with E-state index in [1.165, 1.54) is 0 Å². The molecule has 1 N–H and O–H groups in total. The third-order valence-electron chi connectivity index (χ3n) is 5.49. The first kappa shape index (κ1) is 23.2. The summed E-state index contributed by atoms with van der Waals surface area (Å²) in [5, 5.41) is 9.55. The van der Waals surface area contributed by atoms with Crippen LogP contribution in [0.3, 0.4) is 0 Å². The first-order valence-electron chi connectivity index (χ1n) is 9.85. The zero-order chi connectivity index (χ0) is 19.6. The summed E-state index contributed by atoms with van der Waals surface area (Å²) in [6.45, 7) is 12.4. The van der Waals surface area contributed by atoms with Crippen LogP contribution >= 0.6 is 0 Å². The molecule has 150 valence electrons. The van der Waals surface area contributed by atoms with Crippen LogP contribution in [0, 0.1) is 5.41 Å². The van der Waals surface area contributed by atoms with E-state index in [9.17, 15) is 5.11 Å². The molecular weight excluding hydrogens is 344 g/mol. The second-order valence-electron chi connectivity index (χ2n) is 7.69. The van der Waals surface area contributed by atoms with Gasteiger partial charge in [0.1, 0.15) is 5.75 Å². The Labute approximate surface area is 161 Å². The molecule has 0 aliphatic heterocycles. The van der Waals surface area contributed by atoms with Crippen LogP contribution in [0.4, 0.5) is 0 Å². The van der Waals surface area contributed by atoms with Crippen LogP contribution in [0.1, 0.15) is 46.6 Å². The predicted octanol–water partition coefficient (Wildman–Crippen LogP) is 5.01. The van der Waals surface area contributed by atoms with E-state index in [0.717, 1.165) is 29.4 Å². The molecule has 0 amide bonds. The fraction of sp³-hybridized carbons (Fsp3) is 0.714. The van der Waals surface area contributed by atoms with Crippen molar-refractivity contribution >= 4 is 8.32 Å². The van der Waals surface area contributed by atoms with E-state index in [2.05, 4.69) is 34.6 Å². The zero-order valence-corrected chi connectivity index (χ0v) is 18.5. The van der Waals surface area contributed by atoms with E-state index in [0.29, 0.717) is 19.6 Å². The van der Waals surface area contributed by atoms with Crippen molar-refractivity contribution in [3.8, 4) is 5.75 Å². The molecule has 0 fully saturated rings. The molecule has 0 aliphatic rings. The highest BCUT2D eigenvalue weighted by atomic mass is 28.4. The third kappa shape index (κ3) is 6.69. The largest absolute Gasteiger partial charge is 0.497 e. The smallest absolute Gasteiger partial charge is 0.192 e. The average molecular weight is 383 g/mol. The number of benzene rings is 1. The number of hydrogen-bond donors (Lipinski definition) is 1. The lowest BCUT2D eigenvalue weighted by Gasteiger charge is -2.41. The van der Waals surface area contributed by atoms with Gasteiger partial charge in [0.25, 0.3) is 0 Å². The standard InChI is InChI=1S/C21H38O4Si/c1-7-26(8-2,9-3)25-20(14-15-22)21(4,5)17-24-16-18-10-12-19(23-6)13-11-18/h10-13,20,22H,7-9,14-17H2,1-6H3/t20-/m0/s1. The second-order valence-corrected chi connectivity index (χ2v) is 12.4. The van der Waals surface area contributed by atoms with Crippen molar-refractivity contribution in [2.45, 2.75) is 71.9 Å². The quantitative estimate of drug-likeness (QED) is 0.487. The molecule has 0 spiro atoms. The van der Waals surface area contributed by atoms with Gasteiger partial charge in [0.05, 0.1) is 26.4 Å². The maximum atomic E-state index is 9.55. The summed E-state index contributed by atoms with van der Waals surface area (Å²) >= 11 is 0. The molecule has 5 heteroatoms. The number of hydrogen-bond acceptors (Lipinski definition) is 4. The lowest BCUT2D eigenvalue weighted by atomic mass is 9.86. The minimum atomic E-state index is -1.72. The first-order chi connectivity index (χ1) is 12.4. The number of rotatable bonds is 13. The van der Waals surface area contributed by atoms with Gasteiger partial charge in [-0.1, -0.05) is 46.8 Å². The molecule has 0 unspecified atom stereocenters. The molecule has 0 saturated carbocycles. The van der Waals surface area contributed by atoms with Gasteiger partial charge in [-0.2, -0.15) is 0 Å². The monoisotopic (exact) mass is 382 g/mol. The molecule has 0 saturated heterocycles. The highest BCUT2D eigenvalue weighted by Crippen LogP contribution is 2.33. The molecule has 1 atom stereocenters. The topological polar surface area (TPSA) is 47.9 Å². The van der Waals surface area contributed by atoms with Crippen LogP contribution in [-0.4, -0.2) is 39.9 Å². The fourth-order valence-electron chi connectivity index (χ4n) is 3.27. The van der Waals surface area contributed by atoms with Gasteiger partial charge >= 0.3 is 0 Å². The van der Waals surface area contributed by atoms with Crippen LogP contribution in [0.15, 0.2) is 24.3 Å². The van der Waals surface area contributed by atoms with E-state index >= 15 is 0 Å². The van der Waals surface area contributed by atoms with E-state index < -0.39 is 8.32 Å². The Bertz CT molecular complexity index is 489. The Morgan fingerprint density at radius 3 is 2.08 bits per heavy atom. The Balaban J connectivity index is 2.69. The minimum absolute atomic E-state index is 0.0230. The summed E-state index contributed by atoms with van der Waals surface area (Å²) < 4.78 is 17.9. The predicted molar refractivity (Wildman–Crippen MR) is 110 cm³/mol. The number of ether oxygens (including phenoxy) is 2. The molecule has 1 aromatic carbocycles. The van der Waals surface area contributed by atoms with Crippen molar-refractivity contribution in [1.82, 2.24) is 0 Å².